The molecule has 0 unspecified atom stereocenters. The van der Waals surface area contributed by atoms with Crippen molar-refractivity contribution in [3.8, 4) is 0 Å². The fraction of sp³-hybridized carbons (Fsp3) is 0.250. The highest BCUT2D eigenvalue weighted by Gasteiger charge is 2.36. The summed E-state index contributed by atoms with van der Waals surface area (Å²) >= 11 is 0. The van der Waals surface area contributed by atoms with E-state index in [1.165, 1.54) is 6.92 Å². The van der Waals surface area contributed by atoms with E-state index in [9.17, 15) is 18.0 Å². The number of carbonyl (C=O) groups excluding carboxylic acids is 1. The molecule has 0 aromatic carbocycles. The fourth-order valence-electron chi connectivity index (χ4n) is 1.18. The number of alkyl halides is 3. The Morgan fingerprint density at radius 1 is 1.47 bits per heavy atom. The van der Waals surface area contributed by atoms with Crippen LogP contribution in [0.2, 0.25) is 0 Å². The van der Waals surface area contributed by atoms with Crippen LogP contribution in [0.1, 0.15) is 21.6 Å². The van der Waals surface area contributed by atoms with Crippen molar-refractivity contribution in [2.45, 2.75) is 13.1 Å². The van der Waals surface area contributed by atoms with Crippen molar-refractivity contribution in [3.05, 3.63) is 22.9 Å². The highest BCUT2D eigenvalue weighted by Crippen LogP contribution is 2.33. The Bertz CT molecular complexity index is 414. The highest BCUT2D eigenvalue weighted by atomic mass is 19.4. The molecule has 0 bridgehead atoms. The van der Waals surface area contributed by atoms with Crippen LogP contribution in [0.3, 0.4) is 0 Å². The number of nitrogen functional groups attached to an aromatic ring is 1. The van der Waals surface area contributed by atoms with Gasteiger partial charge in [-0.2, -0.15) is 13.2 Å². The van der Waals surface area contributed by atoms with E-state index in [-0.39, 0.29) is 5.69 Å². The predicted molar refractivity (Wildman–Crippen MR) is 46.9 cm³/mol. The third-order valence-electron chi connectivity index (χ3n) is 1.73. The molecule has 0 aliphatic heterocycles. The van der Waals surface area contributed by atoms with Crippen molar-refractivity contribution in [1.29, 1.82) is 0 Å². The summed E-state index contributed by atoms with van der Waals surface area (Å²) in [6.45, 7) is 1.34. The summed E-state index contributed by atoms with van der Waals surface area (Å²) in [6.07, 6.45) is -4.67. The summed E-state index contributed by atoms with van der Waals surface area (Å²) < 4.78 is 37.4. The van der Waals surface area contributed by atoms with Crippen LogP contribution in [-0.4, -0.2) is 10.9 Å². The average Bonchev–Trinajstić information content (AvgIpc) is 1.99. The van der Waals surface area contributed by atoms with Crippen molar-refractivity contribution in [2.24, 2.45) is 5.73 Å². The van der Waals surface area contributed by atoms with Gasteiger partial charge in [-0.05, 0) is 13.0 Å². The van der Waals surface area contributed by atoms with E-state index in [4.69, 9.17) is 11.5 Å². The number of hydrogen-bond donors (Lipinski definition) is 2. The summed E-state index contributed by atoms with van der Waals surface area (Å²) in [5.74, 6) is -1.75. The lowest BCUT2D eigenvalue weighted by Crippen LogP contribution is -2.22. The Hall–Kier alpha value is -1.79. The quantitative estimate of drug-likeness (QED) is 0.741. The van der Waals surface area contributed by atoms with Crippen molar-refractivity contribution in [1.82, 2.24) is 4.98 Å². The Morgan fingerprint density at radius 2 is 2.00 bits per heavy atom. The summed E-state index contributed by atoms with van der Waals surface area (Å²) in [4.78, 5) is 14.3. The molecule has 1 rings (SSSR count). The maximum Gasteiger partial charge on any atom is 0.417 e. The normalized spacial score (nSPS) is 11.5. The summed E-state index contributed by atoms with van der Waals surface area (Å²) in [6, 6.07) is 0.733. The van der Waals surface area contributed by atoms with Gasteiger partial charge < -0.3 is 11.5 Å². The van der Waals surface area contributed by atoms with Gasteiger partial charge in [-0.15, -0.1) is 0 Å². The summed E-state index contributed by atoms with van der Waals surface area (Å²) in [5, 5.41) is 0. The second-order valence-corrected chi connectivity index (χ2v) is 2.93. The van der Waals surface area contributed by atoms with Gasteiger partial charge >= 0.3 is 6.18 Å². The van der Waals surface area contributed by atoms with E-state index in [1.807, 2.05) is 0 Å². The molecule has 15 heavy (non-hydrogen) atoms. The number of hydrogen-bond acceptors (Lipinski definition) is 3. The Balaban J connectivity index is 3.54. The number of amides is 1. The molecule has 1 aromatic heterocycles. The molecule has 82 valence electrons. The van der Waals surface area contributed by atoms with E-state index in [0.29, 0.717) is 0 Å². The van der Waals surface area contributed by atoms with E-state index < -0.39 is 29.0 Å². The number of anilines is 1. The molecule has 7 heteroatoms. The molecular weight excluding hydrogens is 211 g/mol. The molecule has 0 saturated heterocycles. The van der Waals surface area contributed by atoms with Crippen LogP contribution >= 0.6 is 0 Å². The molecule has 1 aromatic rings. The maximum absolute atomic E-state index is 12.5. The van der Waals surface area contributed by atoms with Crippen LogP contribution in [0.5, 0.6) is 0 Å². The molecule has 0 atom stereocenters. The van der Waals surface area contributed by atoms with Crippen LogP contribution < -0.4 is 11.5 Å². The van der Waals surface area contributed by atoms with Crippen molar-refractivity contribution < 1.29 is 18.0 Å². The molecule has 0 aliphatic carbocycles. The zero-order valence-electron chi connectivity index (χ0n) is 7.72. The molecule has 4 nitrogen and oxygen atoms in total. The van der Waals surface area contributed by atoms with Gasteiger partial charge in [0.25, 0.3) is 5.91 Å². The summed E-state index contributed by atoms with van der Waals surface area (Å²) in [7, 11) is 0. The molecular formula is C8H8F3N3O. The van der Waals surface area contributed by atoms with Crippen molar-refractivity contribution in [3.63, 3.8) is 0 Å². The monoisotopic (exact) mass is 219 g/mol. The standard InChI is InChI=1S/C8H8F3N3O/c1-3-2-4(8(9,10)11)5(7(13)15)6(12)14-3/h2H,1H3,(H2,12,14)(H2,13,15). The van der Waals surface area contributed by atoms with Crippen LogP contribution in [0, 0.1) is 6.92 Å². The second-order valence-electron chi connectivity index (χ2n) is 2.93. The van der Waals surface area contributed by atoms with Gasteiger partial charge in [-0.25, -0.2) is 4.98 Å². The smallest absolute Gasteiger partial charge is 0.383 e. The topological polar surface area (TPSA) is 82.0 Å². The SMILES string of the molecule is Cc1cc(C(F)(F)F)c(C(N)=O)c(N)n1. The number of rotatable bonds is 1. The van der Waals surface area contributed by atoms with Gasteiger partial charge in [0.1, 0.15) is 5.82 Å². The maximum atomic E-state index is 12.5. The van der Waals surface area contributed by atoms with Gasteiger partial charge in [0.2, 0.25) is 0 Å². The lowest BCUT2D eigenvalue weighted by Gasteiger charge is -2.12. The molecule has 4 N–H and O–H groups in total. The molecule has 0 saturated carbocycles. The van der Waals surface area contributed by atoms with E-state index in [1.54, 1.807) is 0 Å². The van der Waals surface area contributed by atoms with Crippen LogP contribution in [0.15, 0.2) is 6.07 Å². The van der Waals surface area contributed by atoms with Gasteiger partial charge in [0, 0.05) is 5.69 Å². The lowest BCUT2D eigenvalue weighted by molar-refractivity contribution is -0.138. The van der Waals surface area contributed by atoms with Crippen molar-refractivity contribution >= 4 is 11.7 Å². The first-order valence-corrected chi connectivity index (χ1v) is 3.87. The third kappa shape index (κ3) is 2.17. The van der Waals surface area contributed by atoms with E-state index in [2.05, 4.69) is 4.98 Å². The predicted octanol–water partition coefficient (Wildman–Crippen LogP) is 1.09. The number of aromatic nitrogens is 1. The molecule has 0 fully saturated rings. The first-order valence-electron chi connectivity index (χ1n) is 3.87. The number of pyridine rings is 1. The number of aryl methyl sites for hydroxylation is 1. The third-order valence-corrected chi connectivity index (χ3v) is 1.73. The van der Waals surface area contributed by atoms with Gasteiger partial charge in [0.15, 0.2) is 0 Å². The minimum Gasteiger partial charge on any atom is -0.383 e. The molecule has 0 spiro atoms. The number of carbonyl (C=O) groups is 1. The molecule has 1 heterocycles. The Morgan fingerprint density at radius 3 is 2.40 bits per heavy atom. The zero-order valence-corrected chi connectivity index (χ0v) is 7.72. The average molecular weight is 219 g/mol. The second kappa shape index (κ2) is 3.41. The van der Waals surface area contributed by atoms with Gasteiger partial charge in [0.05, 0.1) is 11.1 Å². The summed E-state index contributed by atoms with van der Waals surface area (Å²) in [5.41, 5.74) is 8.15. The van der Waals surface area contributed by atoms with E-state index >= 15 is 0 Å². The van der Waals surface area contributed by atoms with Gasteiger partial charge in [-0.3, -0.25) is 4.79 Å². The van der Waals surface area contributed by atoms with Crippen molar-refractivity contribution in [2.75, 3.05) is 5.73 Å². The molecule has 0 radical (unpaired) electrons. The fourth-order valence-corrected chi connectivity index (χ4v) is 1.18. The molecule has 1 amide bonds. The number of nitrogens with two attached hydrogens (primary N) is 2. The number of nitrogens with zero attached hydrogens (tertiary/aromatic N) is 1. The Kier molecular flexibility index (Phi) is 2.57. The van der Waals surface area contributed by atoms with Gasteiger partial charge in [-0.1, -0.05) is 0 Å². The first kappa shape index (κ1) is 11.3. The first-order chi connectivity index (χ1) is 6.73. The zero-order chi connectivity index (χ0) is 11.8. The number of halogens is 3. The largest absolute Gasteiger partial charge is 0.417 e. The lowest BCUT2D eigenvalue weighted by atomic mass is 10.1. The highest BCUT2D eigenvalue weighted by molar-refractivity contribution is 5.98. The Labute approximate surface area is 83.1 Å². The number of primary amides is 1. The van der Waals surface area contributed by atoms with Crippen LogP contribution in [0.4, 0.5) is 19.0 Å². The van der Waals surface area contributed by atoms with Crippen LogP contribution in [-0.2, 0) is 6.18 Å². The van der Waals surface area contributed by atoms with E-state index in [0.717, 1.165) is 6.07 Å². The molecule has 0 aliphatic rings. The minimum atomic E-state index is -4.67. The minimum absolute atomic E-state index is 0.0739. The van der Waals surface area contributed by atoms with Crippen LogP contribution in [0.25, 0.3) is 0 Å².